The number of halogens is 3. The van der Waals surface area contributed by atoms with Crippen LogP contribution in [0.15, 0.2) is 24.3 Å². The molecule has 1 N–H and O–H groups in total. The van der Waals surface area contributed by atoms with E-state index in [1.54, 1.807) is 17.8 Å². The van der Waals surface area contributed by atoms with E-state index >= 15 is 0 Å². The van der Waals surface area contributed by atoms with E-state index in [1.807, 2.05) is 13.0 Å². The van der Waals surface area contributed by atoms with Crippen LogP contribution in [0.4, 0.5) is 9.39 Å². The Kier molecular flexibility index (Phi) is 8.24. The first-order valence-electron chi connectivity index (χ1n) is 9.93. The topological polar surface area (TPSA) is 72.3 Å². The first-order valence-corrected chi connectivity index (χ1v) is 11.1. The Hall–Kier alpha value is -2.04. The molecular formula is C21H24Cl2FN5O2S. The molecule has 0 radical (unpaired) electrons. The second-order valence-corrected chi connectivity index (χ2v) is 8.98. The molecule has 7 nitrogen and oxygen atoms in total. The van der Waals surface area contributed by atoms with Crippen LogP contribution in [0.2, 0.25) is 5.02 Å². The molecule has 1 aliphatic heterocycles. The molecule has 4 rings (SSSR count). The average molecular weight is 500 g/mol. The maximum atomic E-state index is 13.6. The van der Waals surface area contributed by atoms with Crippen LogP contribution in [0.5, 0.6) is 0 Å². The molecule has 1 saturated heterocycles. The SMILES string of the molecule is Cc1nc(Cc2cc(F)cc(Cl)c2)sc1NC(=O)c1cc(CN2CCOCC2)nn1C.Cl. The number of hydrogen-bond acceptors (Lipinski definition) is 6. The minimum absolute atomic E-state index is 0. The van der Waals surface area contributed by atoms with Gasteiger partial charge in [-0.2, -0.15) is 5.10 Å². The number of hydrogen-bond donors (Lipinski definition) is 1. The van der Waals surface area contributed by atoms with Crippen LogP contribution >= 0.6 is 35.3 Å². The third-order valence-corrected chi connectivity index (χ3v) is 6.29. The van der Waals surface area contributed by atoms with Gasteiger partial charge in [0.2, 0.25) is 0 Å². The third kappa shape index (κ3) is 6.05. The van der Waals surface area contributed by atoms with Crippen LogP contribution in [0, 0.1) is 12.7 Å². The smallest absolute Gasteiger partial charge is 0.274 e. The second kappa shape index (κ2) is 10.7. The number of nitrogens with one attached hydrogen (secondary N) is 1. The summed E-state index contributed by atoms with van der Waals surface area (Å²) < 4.78 is 20.6. The maximum Gasteiger partial charge on any atom is 0.274 e. The van der Waals surface area contributed by atoms with E-state index in [4.69, 9.17) is 16.3 Å². The number of morpholine rings is 1. The summed E-state index contributed by atoms with van der Waals surface area (Å²) >= 11 is 7.31. The van der Waals surface area contributed by atoms with Crippen molar-refractivity contribution in [2.45, 2.75) is 19.9 Å². The molecule has 32 heavy (non-hydrogen) atoms. The van der Waals surface area contributed by atoms with Gasteiger partial charge < -0.3 is 10.1 Å². The van der Waals surface area contributed by atoms with Crippen LogP contribution < -0.4 is 5.32 Å². The Bertz CT molecular complexity index is 1080. The Morgan fingerprint density at radius 1 is 1.28 bits per heavy atom. The standard InChI is InChI=1S/C21H23ClFN5O2S.ClH/c1-13-21(31-19(24-13)9-14-7-15(22)10-16(23)8-14)25-20(29)18-11-17(26-27(18)2)12-28-3-5-30-6-4-28;/h7-8,10-11H,3-6,9,12H2,1-2H3,(H,25,29);1H. The number of aryl methyl sites for hydroxylation is 2. The predicted octanol–water partition coefficient (Wildman–Crippen LogP) is 4.07. The summed E-state index contributed by atoms with van der Waals surface area (Å²) in [4.78, 5) is 19.6. The molecule has 0 spiro atoms. The minimum atomic E-state index is -0.381. The lowest BCUT2D eigenvalue weighted by molar-refractivity contribution is 0.0336. The molecule has 1 aromatic carbocycles. The Balaban J connectivity index is 0.00000289. The van der Waals surface area contributed by atoms with Gasteiger partial charge in [0.15, 0.2) is 0 Å². The largest absolute Gasteiger partial charge is 0.379 e. The number of ether oxygens (including phenoxy) is 1. The lowest BCUT2D eigenvalue weighted by atomic mass is 10.1. The normalized spacial score (nSPS) is 14.2. The zero-order valence-corrected chi connectivity index (χ0v) is 20.1. The van der Waals surface area contributed by atoms with E-state index < -0.39 is 0 Å². The van der Waals surface area contributed by atoms with Crippen molar-refractivity contribution in [1.29, 1.82) is 0 Å². The van der Waals surface area contributed by atoms with E-state index in [0.717, 1.165) is 42.6 Å². The van der Waals surface area contributed by atoms with E-state index in [-0.39, 0.29) is 24.1 Å². The quantitative estimate of drug-likeness (QED) is 0.553. The van der Waals surface area contributed by atoms with Crippen molar-refractivity contribution in [3.63, 3.8) is 0 Å². The molecule has 11 heteroatoms. The molecule has 1 aliphatic rings. The van der Waals surface area contributed by atoms with Crippen molar-refractivity contribution in [3.8, 4) is 0 Å². The number of rotatable bonds is 6. The van der Waals surface area contributed by atoms with E-state index in [0.29, 0.717) is 34.4 Å². The molecule has 3 aromatic rings. The summed E-state index contributed by atoms with van der Waals surface area (Å²) in [5, 5.41) is 9.20. The fraction of sp³-hybridized carbons (Fsp3) is 0.381. The van der Waals surface area contributed by atoms with Gasteiger partial charge in [-0.15, -0.1) is 23.7 Å². The number of nitrogens with zero attached hydrogens (tertiary/aromatic N) is 4. The van der Waals surface area contributed by atoms with Crippen LogP contribution in [0.1, 0.15) is 32.4 Å². The lowest BCUT2D eigenvalue weighted by Gasteiger charge is -2.25. The molecule has 0 atom stereocenters. The molecule has 0 unspecified atom stereocenters. The van der Waals surface area contributed by atoms with Crippen LogP contribution in [0.25, 0.3) is 0 Å². The van der Waals surface area contributed by atoms with Crippen LogP contribution in [-0.4, -0.2) is 51.9 Å². The van der Waals surface area contributed by atoms with Gasteiger partial charge in [0.05, 0.1) is 29.6 Å². The van der Waals surface area contributed by atoms with Gasteiger partial charge in [-0.3, -0.25) is 14.4 Å². The average Bonchev–Trinajstić information content (AvgIpc) is 3.23. The number of thiazole rings is 1. The summed E-state index contributed by atoms with van der Waals surface area (Å²) in [6.07, 6.45) is 0.439. The highest BCUT2D eigenvalue weighted by molar-refractivity contribution is 7.16. The summed E-state index contributed by atoms with van der Waals surface area (Å²) in [5.74, 6) is -0.622. The van der Waals surface area contributed by atoms with Gasteiger partial charge in [-0.1, -0.05) is 11.6 Å². The monoisotopic (exact) mass is 499 g/mol. The summed E-state index contributed by atoms with van der Waals surface area (Å²) in [6, 6.07) is 6.24. The van der Waals surface area contributed by atoms with Gasteiger partial charge in [-0.05, 0) is 36.8 Å². The number of carbonyl (C=O) groups excluding carboxylic acids is 1. The first kappa shape index (κ1) is 24.6. The third-order valence-electron chi connectivity index (χ3n) is 5.00. The summed E-state index contributed by atoms with van der Waals surface area (Å²) in [7, 11) is 1.76. The van der Waals surface area contributed by atoms with Gasteiger partial charge >= 0.3 is 0 Å². The first-order chi connectivity index (χ1) is 14.9. The highest BCUT2D eigenvalue weighted by Gasteiger charge is 2.19. The molecular weight excluding hydrogens is 476 g/mol. The maximum absolute atomic E-state index is 13.6. The van der Waals surface area contributed by atoms with E-state index in [2.05, 4.69) is 20.3 Å². The highest BCUT2D eigenvalue weighted by Crippen LogP contribution is 2.27. The fourth-order valence-electron chi connectivity index (χ4n) is 3.50. The zero-order valence-electron chi connectivity index (χ0n) is 17.7. The lowest BCUT2D eigenvalue weighted by Crippen LogP contribution is -2.35. The fourth-order valence-corrected chi connectivity index (χ4v) is 4.74. The molecule has 0 saturated carbocycles. The molecule has 1 amide bonds. The number of carbonyl (C=O) groups is 1. The van der Waals surface area contributed by atoms with Crippen molar-refractivity contribution in [3.05, 3.63) is 62.8 Å². The minimum Gasteiger partial charge on any atom is -0.379 e. The van der Waals surface area contributed by atoms with Crippen molar-refractivity contribution in [1.82, 2.24) is 19.7 Å². The molecule has 2 aromatic heterocycles. The van der Waals surface area contributed by atoms with Crippen LogP contribution in [0.3, 0.4) is 0 Å². The molecule has 0 aliphatic carbocycles. The van der Waals surface area contributed by atoms with Crippen molar-refractivity contribution in [2.75, 3.05) is 31.6 Å². The molecule has 1 fully saturated rings. The Labute approximate surface area is 200 Å². The number of amides is 1. The number of aromatic nitrogens is 3. The van der Waals surface area contributed by atoms with Crippen molar-refractivity contribution in [2.24, 2.45) is 7.05 Å². The highest BCUT2D eigenvalue weighted by atomic mass is 35.5. The van der Waals surface area contributed by atoms with Crippen molar-refractivity contribution < 1.29 is 13.9 Å². The second-order valence-electron chi connectivity index (χ2n) is 7.46. The van der Waals surface area contributed by atoms with Crippen molar-refractivity contribution >= 4 is 46.3 Å². The van der Waals surface area contributed by atoms with Crippen LogP contribution in [-0.2, 0) is 24.8 Å². The van der Waals surface area contributed by atoms with Gasteiger partial charge in [0, 0.05) is 38.1 Å². The molecule has 0 bridgehead atoms. The predicted molar refractivity (Wildman–Crippen MR) is 126 cm³/mol. The Morgan fingerprint density at radius 2 is 2.03 bits per heavy atom. The van der Waals surface area contributed by atoms with Gasteiger partial charge in [0.1, 0.15) is 16.5 Å². The zero-order chi connectivity index (χ0) is 22.0. The summed E-state index contributed by atoms with van der Waals surface area (Å²) in [6.45, 7) is 5.67. The number of anilines is 1. The number of benzene rings is 1. The van der Waals surface area contributed by atoms with E-state index in [1.165, 1.54) is 23.5 Å². The summed E-state index contributed by atoms with van der Waals surface area (Å²) in [5.41, 5.74) is 2.77. The van der Waals surface area contributed by atoms with E-state index in [9.17, 15) is 9.18 Å². The molecule has 172 valence electrons. The molecule has 3 heterocycles. The van der Waals surface area contributed by atoms with Gasteiger partial charge in [0.25, 0.3) is 5.91 Å². The van der Waals surface area contributed by atoms with Gasteiger partial charge in [-0.25, -0.2) is 9.37 Å². The Morgan fingerprint density at radius 3 is 2.75 bits per heavy atom.